The van der Waals surface area contributed by atoms with Gasteiger partial charge in [-0.1, -0.05) is 35.9 Å². The van der Waals surface area contributed by atoms with Gasteiger partial charge in [0.15, 0.2) is 5.69 Å². The Bertz CT molecular complexity index is 1080. The van der Waals surface area contributed by atoms with Crippen molar-refractivity contribution in [3.8, 4) is 5.69 Å². The number of hydrogen-bond donors (Lipinski definition) is 1. The van der Waals surface area contributed by atoms with Gasteiger partial charge < -0.3 is 15.1 Å². The van der Waals surface area contributed by atoms with E-state index in [1.54, 1.807) is 4.80 Å². The summed E-state index contributed by atoms with van der Waals surface area (Å²) in [4.78, 5) is 19.2. The molecule has 7 nitrogen and oxygen atoms in total. The van der Waals surface area contributed by atoms with E-state index in [0.29, 0.717) is 17.9 Å². The SMILES string of the molecule is Cc1ccc(-n2nc(C)c(C(=O)NCc3ccccc3N3CCN(C)CC3)n2)c(C)c1. The highest BCUT2D eigenvalue weighted by Crippen LogP contribution is 2.22. The molecule has 0 atom stereocenters. The maximum Gasteiger partial charge on any atom is 0.274 e. The molecule has 0 bridgehead atoms. The summed E-state index contributed by atoms with van der Waals surface area (Å²) < 4.78 is 0. The van der Waals surface area contributed by atoms with Gasteiger partial charge in [0.1, 0.15) is 0 Å². The zero-order chi connectivity index (χ0) is 22.0. The van der Waals surface area contributed by atoms with Crippen LogP contribution in [-0.4, -0.2) is 59.0 Å². The normalized spacial score (nSPS) is 14.6. The van der Waals surface area contributed by atoms with Crippen molar-refractivity contribution in [3.05, 3.63) is 70.5 Å². The molecule has 0 spiro atoms. The van der Waals surface area contributed by atoms with Gasteiger partial charge in [-0.3, -0.25) is 4.79 Å². The molecule has 31 heavy (non-hydrogen) atoms. The summed E-state index contributed by atoms with van der Waals surface area (Å²) in [6.45, 7) is 10.4. The topological polar surface area (TPSA) is 66.3 Å². The maximum absolute atomic E-state index is 12.9. The molecule has 0 aliphatic carbocycles. The van der Waals surface area contributed by atoms with Gasteiger partial charge >= 0.3 is 0 Å². The highest BCUT2D eigenvalue weighted by Gasteiger charge is 2.19. The molecule has 1 amide bonds. The second-order valence-corrected chi connectivity index (χ2v) is 8.32. The van der Waals surface area contributed by atoms with Gasteiger partial charge in [-0.2, -0.15) is 9.90 Å². The van der Waals surface area contributed by atoms with E-state index in [2.05, 4.69) is 63.6 Å². The lowest BCUT2D eigenvalue weighted by Gasteiger charge is -2.35. The quantitative estimate of drug-likeness (QED) is 0.690. The van der Waals surface area contributed by atoms with Crippen LogP contribution in [-0.2, 0) is 6.54 Å². The number of para-hydroxylation sites is 1. The summed E-state index contributed by atoms with van der Waals surface area (Å²) in [5.74, 6) is -0.207. The molecular weight excluding hydrogens is 388 g/mol. The minimum atomic E-state index is -0.207. The Kier molecular flexibility index (Phi) is 6.04. The molecular formula is C24H30N6O. The summed E-state index contributed by atoms with van der Waals surface area (Å²) in [5, 5.41) is 12.0. The smallest absolute Gasteiger partial charge is 0.274 e. The van der Waals surface area contributed by atoms with Crippen LogP contribution in [0.25, 0.3) is 5.69 Å². The van der Waals surface area contributed by atoms with Crippen LogP contribution in [0.2, 0.25) is 0 Å². The maximum atomic E-state index is 12.9. The van der Waals surface area contributed by atoms with Gasteiger partial charge in [0, 0.05) is 38.4 Å². The first-order valence-corrected chi connectivity index (χ1v) is 10.7. The van der Waals surface area contributed by atoms with Gasteiger partial charge in [-0.15, -0.1) is 5.10 Å². The molecule has 1 aliphatic rings. The van der Waals surface area contributed by atoms with Gasteiger partial charge in [0.2, 0.25) is 0 Å². The number of likely N-dealkylation sites (N-methyl/N-ethyl adjacent to an activating group) is 1. The summed E-state index contributed by atoms with van der Waals surface area (Å²) in [7, 11) is 2.15. The highest BCUT2D eigenvalue weighted by molar-refractivity contribution is 5.93. The predicted octanol–water partition coefficient (Wildman–Crippen LogP) is 2.87. The first-order chi connectivity index (χ1) is 14.9. The predicted molar refractivity (Wildman–Crippen MR) is 123 cm³/mol. The van der Waals surface area contributed by atoms with Crippen LogP contribution in [0.15, 0.2) is 42.5 Å². The van der Waals surface area contributed by atoms with E-state index in [-0.39, 0.29) is 5.91 Å². The molecule has 1 fully saturated rings. The molecule has 0 radical (unpaired) electrons. The van der Waals surface area contributed by atoms with Crippen molar-refractivity contribution in [1.29, 1.82) is 0 Å². The number of aromatic nitrogens is 3. The van der Waals surface area contributed by atoms with Crippen LogP contribution in [0, 0.1) is 20.8 Å². The van der Waals surface area contributed by atoms with Gasteiger partial charge in [0.05, 0.1) is 11.4 Å². The molecule has 7 heteroatoms. The van der Waals surface area contributed by atoms with Gasteiger partial charge in [0.25, 0.3) is 5.91 Å². The molecule has 1 N–H and O–H groups in total. The number of nitrogens with one attached hydrogen (secondary N) is 1. The minimum absolute atomic E-state index is 0.207. The number of rotatable bonds is 5. The first kappa shape index (κ1) is 21.1. The molecule has 3 aromatic rings. The Morgan fingerprint density at radius 2 is 1.71 bits per heavy atom. The monoisotopic (exact) mass is 418 g/mol. The molecule has 0 saturated carbocycles. The second kappa shape index (κ2) is 8.89. The Balaban J connectivity index is 1.48. The van der Waals surface area contributed by atoms with Crippen LogP contribution in [0.1, 0.15) is 32.9 Å². The number of aryl methyl sites for hydroxylation is 3. The Hall–Kier alpha value is -3.19. The van der Waals surface area contributed by atoms with Gasteiger partial charge in [-0.05, 0) is 51.1 Å². The van der Waals surface area contributed by atoms with E-state index in [1.807, 2.05) is 32.0 Å². The van der Waals surface area contributed by atoms with Crippen LogP contribution in [0.3, 0.4) is 0 Å². The standard InChI is InChI=1S/C24H30N6O/c1-17-9-10-21(18(2)15-17)30-26-19(3)23(27-30)24(31)25-16-20-7-5-6-8-22(20)29-13-11-28(4)12-14-29/h5-10,15H,11-14,16H2,1-4H3,(H,25,31). The molecule has 162 valence electrons. The Labute approximate surface area is 183 Å². The lowest BCUT2D eigenvalue weighted by atomic mass is 10.1. The molecule has 1 saturated heterocycles. The fourth-order valence-electron chi connectivity index (χ4n) is 4.00. The lowest BCUT2D eigenvalue weighted by Crippen LogP contribution is -2.45. The highest BCUT2D eigenvalue weighted by atomic mass is 16.2. The van der Waals surface area contributed by atoms with E-state index in [1.165, 1.54) is 11.3 Å². The van der Waals surface area contributed by atoms with Crippen molar-refractivity contribution in [2.45, 2.75) is 27.3 Å². The van der Waals surface area contributed by atoms with E-state index in [4.69, 9.17) is 0 Å². The van der Waals surface area contributed by atoms with Crippen molar-refractivity contribution in [2.75, 3.05) is 38.1 Å². The molecule has 2 heterocycles. The van der Waals surface area contributed by atoms with E-state index in [0.717, 1.165) is 43.0 Å². The molecule has 2 aromatic carbocycles. The van der Waals surface area contributed by atoms with Crippen LogP contribution in [0.5, 0.6) is 0 Å². The first-order valence-electron chi connectivity index (χ1n) is 10.7. The molecule has 1 aliphatic heterocycles. The fraction of sp³-hybridized carbons (Fsp3) is 0.375. The number of nitrogens with zero attached hydrogens (tertiary/aromatic N) is 5. The number of amides is 1. The fourth-order valence-corrected chi connectivity index (χ4v) is 4.00. The number of carbonyl (C=O) groups is 1. The average molecular weight is 419 g/mol. The van der Waals surface area contributed by atoms with Crippen LogP contribution in [0.4, 0.5) is 5.69 Å². The second-order valence-electron chi connectivity index (χ2n) is 8.32. The van der Waals surface area contributed by atoms with Crippen molar-refractivity contribution >= 4 is 11.6 Å². The number of benzene rings is 2. The lowest BCUT2D eigenvalue weighted by molar-refractivity contribution is 0.0945. The summed E-state index contributed by atoms with van der Waals surface area (Å²) in [5.41, 5.74) is 6.41. The van der Waals surface area contributed by atoms with E-state index < -0.39 is 0 Å². The van der Waals surface area contributed by atoms with E-state index in [9.17, 15) is 4.79 Å². The Morgan fingerprint density at radius 1 is 0.968 bits per heavy atom. The van der Waals surface area contributed by atoms with Crippen LogP contribution < -0.4 is 10.2 Å². The van der Waals surface area contributed by atoms with E-state index >= 15 is 0 Å². The molecule has 4 rings (SSSR count). The summed E-state index contributed by atoms with van der Waals surface area (Å²) in [6, 6.07) is 14.4. The third-order valence-electron chi connectivity index (χ3n) is 5.84. The zero-order valence-electron chi connectivity index (χ0n) is 18.7. The van der Waals surface area contributed by atoms with Gasteiger partial charge in [-0.25, -0.2) is 0 Å². The molecule has 0 unspecified atom stereocenters. The third-order valence-corrected chi connectivity index (χ3v) is 5.84. The number of piperazine rings is 1. The van der Waals surface area contributed by atoms with Crippen molar-refractivity contribution in [1.82, 2.24) is 25.2 Å². The molecule has 1 aromatic heterocycles. The van der Waals surface area contributed by atoms with Crippen LogP contribution >= 0.6 is 0 Å². The van der Waals surface area contributed by atoms with Crippen molar-refractivity contribution in [2.24, 2.45) is 0 Å². The zero-order valence-corrected chi connectivity index (χ0v) is 18.7. The Morgan fingerprint density at radius 3 is 2.45 bits per heavy atom. The average Bonchev–Trinajstić information content (AvgIpc) is 3.14. The number of hydrogen-bond acceptors (Lipinski definition) is 5. The summed E-state index contributed by atoms with van der Waals surface area (Å²) in [6.07, 6.45) is 0. The third kappa shape index (κ3) is 4.61. The minimum Gasteiger partial charge on any atom is -0.369 e. The summed E-state index contributed by atoms with van der Waals surface area (Å²) >= 11 is 0. The van der Waals surface area contributed by atoms with Crippen molar-refractivity contribution in [3.63, 3.8) is 0 Å². The number of carbonyl (C=O) groups excluding carboxylic acids is 1. The largest absolute Gasteiger partial charge is 0.369 e. The number of anilines is 1. The van der Waals surface area contributed by atoms with Crippen molar-refractivity contribution < 1.29 is 4.79 Å².